The highest BCUT2D eigenvalue weighted by Gasteiger charge is 2.23. The Morgan fingerprint density at radius 2 is 1.73 bits per heavy atom. The fourth-order valence-electron chi connectivity index (χ4n) is 3.52. The molecule has 1 aliphatic rings. The number of rotatable bonds is 7. The van der Waals surface area contributed by atoms with E-state index in [0.717, 1.165) is 24.1 Å². The van der Waals surface area contributed by atoms with Gasteiger partial charge in [-0.25, -0.2) is 4.39 Å². The molecule has 2 N–H and O–H groups in total. The monoisotopic (exact) mass is 412 g/mol. The maximum absolute atomic E-state index is 13.7. The predicted molar refractivity (Wildman–Crippen MR) is 116 cm³/mol. The Bertz CT molecular complexity index is 862. The fraction of sp³-hybridized carbons (Fsp3) is 0.391. The Balaban J connectivity index is 1.38. The third kappa shape index (κ3) is 6.03. The number of carbonyl (C=O) groups excluding carboxylic acids is 2. The van der Waals surface area contributed by atoms with Crippen LogP contribution in [0.5, 0.6) is 0 Å². The van der Waals surface area contributed by atoms with Crippen molar-refractivity contribution in [1.82, 2.24) is 15.5 Å². The number of halogens is 1. The van der Waals surface area contributed by atoms with Gasteiger partial charge in [0.15, 0.2) is 0 Å². The van der Waals surface area contributed by atoms with Crippen molar-refractivity contribution in [3.63, 3.8) is 0 Å². The van der Waals surface area contributed by atoms with Gasteiger partial charge in [-0.05, 0) is 42.7 Å². The summed E-state index contributed by atoms with van der Waals surface area (Å²) in [5.74, 6) is -0.912. The number of likely N-dealkylation sites (tertiary alicyclic amines) is 1. The van der Waals surface area contributed by atoms with Gasteiger partial charge in [0.05, 0.1) is 12.1 Å². The lowest BCUT2D eigenvalue weighted by atomic mass is 10.0. The lowest BCUT2D eigenvalue weighted by molar-refractivity contribution is -0.122. The maximum Gasteiger partial charge on any atom is 0.254 e. The average Bonchev–Trinajstić information content (AvgIpc) is 2.74. The molecular weight excluding hydrogens is 383 g/mol. The van der Waals surface area contributed by atoms with Crippen molar-refractivity contribution in [2.45, 2.75) is 25.4 Å². The van der Waals surface area contributed by atoms with Crippen LogP contribution in [0.3, 0.4) is 0 Å². The van der Waals surface area contributed by atoms with Crippen molar-refractivity contribution >= 4 is 17.5 Å². The first kappa shape index (κ1) is 21.8. The second-order valence-corrected chi connectivity index (χ2v) is 7.84. The Hall–Kier alpha value is -2.93. The average molecular weight is 413 g/mol. The highest BCUT2D eigenvalue weighted by atomic mass is 19.1. The van der Waals surface area contributed by atoms with Gasteiger partial charge in [-0.1, -0.05) is 24.3 Å². The van der Waals surface area contributed by atoms with Crippen molar-refractivity contribution in [2.24, 2.45) is 0 Å². The molecule has 2 aromatic rings. The summed E-state index contributed by atoms with van der Waals surface area (Å²) in [4.78, 5) is 28.6. The topological polar surface area (TPSA) is 64.7 Å². The van der Waals surface area contributed by atoms with E-state index in [9.17, 15) is 14.0 Å². The SMILES string of the molecule is CN(C)c1ccc(CNC(=O)CN2CCC(NC(=O)c3ccccc3F)CC2)cc1. The molecule has 2 amide bonds. The Morgan fingerprint density at radius 1 is 1.07 bits per heavy atom. The number of nitrogens with zero attached hydrogens (tertiary/aromatic N) is 2. The van der Waals surface area contributed by atoms with Gasteiger partial charge in [0.2, 0.25) is 5.91 Å². The standard InChI is InChI=1S/C23H29FN4O2/c1-27(2)19-9-7-17(8-10-19)15-25-22(29)16-28-13-11-18(12-14-28)26-23(30)20-5-3-4-6-21(20)24/h3-10,18H,11-16H2,1-2H3,(H,25,29)(H,26,30). The molecule has 30 heavy (non-hydrogen) atoms. The number of anilines is 1. The zero-order valence-corrected chi connectivity index (χ0v) is 17.5. The molecule has 0 aromatic heterocycles. The summed E-state index contributed by atoms with van der Waals surface area (Å²) < 4.78 is 13.7. The highest BCUT2D eigenvalue weighted by molar-refractivity contribution is 5.94. The largest absolute Gasteiger partial charge is 0.378 e. The summed E-state index contributed by atoms with van der Waals surface area (Å²) >= 11 is 0. The minimum atomic E-state index is -0.513. The number of piperidine rings is 1. The van der Waals surface area contributed by atoms with E-state index in [1.165, 1.54) is 12.1 Å². The molecule has 160 valence electrons. The number of benzene rings is 2. The molecule has 0 aliphatic carbocycles. The molecule has 3 rings (SSSR count). The van der Waals surface area contributed by atoms with Crippen LogP contribution in [0.4, 0.5) is 10.1 Å². The van der Waals surface area contributed by atoms with Crippen molar-refractivity contribution in [1.29, 1.82) is 0 Å². The van der Waals surface area contributed by atoms with Crippen LogP contribution >= 0.6 is 0 Å². The molecule has 0 spiro atoms. The van der Waals surface area contributed by atoms with E-state index in [2.05, 4.69) is 15.5 Å². The van der Waals surface area contributed by atoms with E-state index in [0.29, 0.717) is 26.2 Å². The number of hydrogen-bond donors (Lipinski definition) is 2. The minimum absolute atomic E-state index is 0.00775. The molecule has 6 nitrogen and oxygen atoms in total. The maximum atomic E-state index is 13.7. The van der Waals surface area contributed by atoms with Crippen molar-refractivity contribution < 1.29 is 14.0 Å². The molecule has 2 aromatic carbocycles. The third-order valence-corrected chi connectivity index (χ3v) is 5.35. The van der Waals surface area contributed by atoms with Gasteiger partial charge in [-0.3, -0.25) is 14.5 Å². The molecule has 0 radical (unpaired) electrons. The van der Waals surface area contributed by atoms with Crippen LogP contribution in [0.25, 0.3) is 0 Å². The zero-order valence-electron chi connectivity index (χ0n) is 17.5. The van der Waals surface area contributed by atoms with Crippen molar-refractivity contribution in [3.05, 3.63) is 65.5 Å². The number of amides is 2. The van der Waals surface area contributed by atoms with E-state index >= 15 is 0 Å². The van der Waals surface area contributed by atoms with E-state index in [4.69, 9.17) is 0 Å². The predicted octanol–water partition coefficient (Wildman–Crippen LogP) is 2.40. The van der Waals surface area contributed by atoms with Crippen LogP contribution < -0.4 is 15.5 Å². The fourth-order valence-corrected chi connectivity index (χ4v) is 3.52. The number of nitrogens with one attached hydrogen (secondary N) is 2. The molecular formula is C23H29FN4O2. The summed E-state index contributed by atoms with van der Waals surface area (Å²) in [5.41, 5.74) is 2.25. The third-order valence-electron chi connectivity index (χ3n) is 5.35. The zero-order chi connectivity index (χ0) is 21.5. The molecule has 0 saturated carbocycles. The van der Waals surface area contributed by atoms with Crippen molar-refractivity contribution in [2.75, 3.05) is 38.6 Å². The second-order valence-electron chi connectivity index (χ2n) is 7.84. The Labute approximate surface area is 177 Å². The summed E-state index contributed by atoms with van der Waals surface area (Å²) in [5, 5.41) is 5.86. The molecule has 1 heterocycles. The van der Waals surface area contributed by atoms with Gasteiger partial charge < -0.3 is 15.5 Å². The second kappa shape index (κ2) is 10.2. The molecule has 0 atom stereocenters. The summed E-state index contributed by atoms with van der Waals surface area (Å²) in [6.45, 7) is 2.27. The molecule has 1 aliphatic heterocycles. The van der Waals surface area contributed by atoms with E-state index in [1.54, 1.807) is 12.1 Å². The summed E-state index contributed by atoms with van der Waals surface area (Å²) in [6, 6.07) is 14.1. The Morgan fingerprint density at radius 3 is 2.37 bits per heavy atom. The number of hydrogen-bond acceptors (Lipinski definition) is 4. The van der Waals surface area contributed by atoms with Crippen LogP contribution in [0.1, 0.15) is 28.8 Å². The van der Waals surface area contributed by atoms with Crippen LogP contribution in [0.2, 0.25) is 0 Å². The molecule has 1 fully saturated rings. The summed E-state index contributed by atoms with van der Waals surface area (Å²) in [6.07, 6.45) is 1.47. The van der Waals surface area contributed by atoms with Gasteiger partial charge in [0.25, 0.3) is 5.91 Å². The van der Waals surface area contributed by atoms with Crippen LogP contribution in [0.15, 0.2) is 48.5 Å². The lowest BCUT2D eigenvalue weighted by Crippen LogP contribution is -2.47. The van der Waals surface area contributed by atoms with Crippen LogP contribution in [-0.2, 0) is 11.3 Å². The van der Waals surface area contributed by atoms with Crippen LogP contribution in [-0.4, -0.2) is 56.5 Å². The first-order chi connectivity index (χ1) is 14.4. The highest BCUT2D eigenvalue weighted by Crippen LogP contribution is 2.14. The first-order valence-corrected chi connectivity index (χ1v) is 10.2. The van der Waals surface area contributed by atoms with Gasteiger partial charge >= 0.3 is 0 Å². The molecule has 1 saturated heterocycles. The Kier molecular flexibility index (Phi) is 7.41. The van der Waals surface area contributed by atoms with Gasteiger partial charge in [0.1, 0.15) is 5.82 Å². The minimum Gasteiger partial charge on any atom is -0.378 e. The molecule has 0 bridgehead atoms. The quantitative estimate of drug-likeness (QED) is 0.733. The number of carbonyl (C=O) groups is 2. The molecule has 7 heteroatoms. The summed E-state index contributed by atoms with van der Waals surface area (Å²) in [7, 11) is 3.98. The van der Waals surface area contributed by atoms with Gasteiger partial charge in [0, 0.05) is 45.5 Å². The molecule has 0 unspecified atom stereocenters. The smallest absolute Gasteiger partial charge is 0.254 e. The van der Waals surface area contributed by atoms with E-state index in [-0.39, 0.29) is 23.4 Å². The van der Waals surface area contributed by atoms with E-state index in [1.807, 2.05) is 43.3 Å². The van der Waals surface area contributed by atoms with E-state index < -0.39 is 5.82 Å². The lowest BCUT2D eigenvalue weighted by Gasteiger charge is -2.31. The van der Waals surface area contributed by atoms with Crippen LogP contribution in [0, 0.1) is 5.82 Å². The first-order valence-electron chi connectivity index (χ1n) is 10.2. The van der Waals surface area contributed by atoms with Gasteiger partial charge in [-0.15, -0.1) is 0 Å². The van der Waals surface area contributed by atoms with Gasteiger partial charge in [-0.2, -0.15) is 0 Å². The normalized spacial score (nSPS) is 14.9. The van der Waals surface area contributed by atoms with Crippen molar-refractivity contribution in [3.8, 4) is 0 Å².